The van der Waals surface area contributed by atoms with Gasteiger partial charge in [-0.3, -0.25) is 19.1 Å². The summed E-state index contributed by atoms with van der Waals surface area (Å²) in [4.78, 5) is 49.6. The Bertz CT molecular complexity index is 1320. The summed E-state index contributed by atoms with van der Waals surface area (Å²) in [5, 5.41) is 18.8. The van der Waals surface area contributed by atoms with E-state index in [1.54, 1.807) is 17.0 Å². The quantitative estimate of drug-likeness (QED) is 0.401. The van der Waals surface area contributed by atoms with E-state index in [9.17, 15) is 35.9 Å². The van der Waals surface area contributed by atoms with E-state index < -0.39 is 35.4 Å². The van der Waals surface area contributed by atoms with E-state index in [0.717, 1.165) is 49.7 Å². The number of piperidine rings is 1. The second kappa shape index (κ2) is 12.4. The fraction of sp³-hybridized carbons (Fsp3) is 0.583. The van der Waals surface area contributed by atoms with Gasteiger partial charge in [0.1, 0.15) is 5.82 Å². The normalized spacial score (nSPS) is 18.0. The molecule has 0 aromatic carbocycles. The zero-order valence-electron chi connectivity index (χ0n) is 21.5. The van der Waals surface area contributed by atoms with Crippen molar-refractivity contribution in [2.24, 2.45) is 11.3 Å². The Labute approximate surface area is 228 Å². The molecule has 0 bridgehead atoms. The van der Waals surface area contributed by atoms with Gasteiger partial charge in [-0.2, -0.15) is 31.4 Å². The summed E-state index contributed by atoms with van der Waals surface area (Å²) in [6, 6.07) is 3.69. The number of aliphatic carboxylic acids is 2. The van der Waals surface area contributed by atoms with E-state index in [1.165, 1.54) is 24.1 Å². The van der Waals surface area contributed by atoms with Crippen LogP contribution < -0.4 is 11.1 Å². The lowest BCUT2D eigenvalue weighted by atomic mass is 9.77. The largest absolute Gasteiger partial charge is 0.490 e. The van der Waals surface area contributed by atoms with E-state index in [2.05, 4.69) is 15.0 Å². The second-order valence-electron chi connectivity index (χ2n) is 10.2. The third kappa shape index (κ3) is 8.86. The summed E-state index contributed by atoms with van der Waals surface area (Å²) in [6.45, 7) is 4.39. The van der Waals surface area contributed by atoms with Crippen LogP contribution in [0.5, 0.6) is 0 Å². The van der Waals surface area contributed by atoms with Crippen molar-refractivity contribution in [3.8, 4) is 0 Å². The lowest BCUT2D eigenvalue weighted by Gasteiger charge is -2.38. The number of alkyl halides is 6. The third-order valence-corrected chi connectivity index (χ3v) is 6.93. The van der Waals surface area contributed by atoms with Gasteiger partial charge in [-0.1, -0.05) is 0 Å². The van der Waals surface area contributed by atoms with Gasteiger partial charge in [0.25, 0.3) is 0 Å². The van der Waals surface area contributed by atoms with Gasteiger partial charge in [0.05, 0.1) is 6.54 Å². The molecule has 0 amide bonds. The Morgan fingerprint density at radius 2 is 1.44 bits per heavy atom. The predicted octanol–water partition coefficient (Wildman–Crippen LogP) is 2.16. The number of hydrogen-bond acceptors (Lipinski definition) is 7. The number of carbonyl (C=O) groups is 2. The van der Waals surface area contributed by atoms with Crippen LogP contribution in [0.4, 0.5) is 26.3 Å². The maximum absolute atomic E-state index is 12.7. The molecule has 1 saturated heterocycles. The fourth-order valence-corrected chi connectivity index (χ4v) is 4.58. The molecule has 5 rings (SSSR count). The molecule has 4 heterocycles. The minimum Gasteiger partial charge on any atom is -0.475 e. The highest BCUT2D eigenvalue weighted by Gasteiger charge is 2.43. The van der Waals surface area contributed by atoms with Gasteiger partial charge in [0.15, 0.2) is 0 Å². The lowest BCUT2D eigenvalue weighted by molar-refractivity contribution is -0.193. The first kappa shape index (κ1) is 31.8. The lowest BCUT2D eigenvalue weighted by Crippen LogP contribution is -2.44. The standard InChI is InChI=1S/C20H25N5O2.2C2HF3O2/c26-18-19(27)25(13-16-3-7-21-8-4-16)22-17-11-20(14-24(17)18)5-9-23(10-6-20)12-15-1-2-15;2*3-2(4,5)1(6)7/h3-4,7-8,15H,1-2,5-6,9-14H2;2*(H,6,7). The minimum absolute atomic E-state index is 0.0987. The first-order valence-corrected chi connectivity index (χ1v) is 12.4. The van der Waals surface area contributed by atoms with E-state index >= 15 is 0 Å². The van der Waals surface area contributed by atoms with Gasteiger partial charge in [0.2, 0.25) is 0 Å². The molecular weight excluding hydrogens is 568 g/mol. The number of carboxylic acid groups (broad SMARTS) is 2. The summed E-state index contributed by atoms with van der Waals surface area (Å²) in [5.41, 5.74) is 0.0665. The molecule has 1 saturated carbocycles. The Hall–Kier alpha value is -3.76. The number of aromatic nitrogens is 4. The summed E-state index contributed by atoms with van der Waals surface area (Å²) in [5.74, 6) is -3.83. The van der Waals surface area contributed by atoms with Gasteiger partial charge in [-0.05, 0) is 67.8 Å². The van der Waals surface area contributed by atoms with Crippen molar-refractivity contribution >= 4 is 11.9 Å². The summed E-state index contributed by atoms with van der Waals surface area (Å²) in [7, 11) is 0. The van der Waals surface area contributed by atoms with E-state index in [1.807, 2.05) is 12.1 Å². The molecule has 1 aliphatic carbocycles. The number of hydrogen-bond donors (Lipinski definition) is 2. The van der Waals surface area contributed by atoms with Crippen LogP contribution in [0.3, 0.4) is 0 Å². The number of pyridine rings is 1. The van der Waals surface area contributed by atoms with Crippen LogP contribution in [-0.4, -0.2) is 78.4 Å². The first-order valence-electron chi connectivity index (χ1n) is 12.4. The van der Waals surface area contributed by atoms with Crippen molar-refractivity contribution in [2.75, 3.05) is 19.6 Å². The van der Waals surface area contributed by atoms with Crippen molar-refractivity contribution in [1.82, 2.24) is 24.2 Å². The van der Waals surface area contributed by atoms with Crippen LogP contribution >= 0.6 is 0 Å². The van der Waals surface area contributed by atoms with Gasteiger partial charge in [-0.25, -0.2) is 14.3 Å². The maximum atomic E-state index is 12.7. The SMILES string of the molecule is O=C(O)C(F)(F)F.O=C(O)C(F)(F)F.O=c1c(=O)n2c(nn1Cc1ccncc1)CC1(CCN(CC3CC3)CC1)C2. The molecule has 11 nitrogen and oxygen atoms in total. The van der Waals surface area contributed by atoms with E-state index in [-0.39, 0.29) is 5.41 Å². The van der Waals surface area contributed by atoms with Gasteiger partial charge in [0, 0.05) is 31.9 Å². The topological polar surface area (TPSA) is 148 Å². The molecule has 3 aliphatic rings. The third-order valence-electron chi connectivity index (χ3n) is 6.93. The highest BCUT2D eigenvalue weighted by Crippen LogP contribution is 2.41. The van der Waals surface area contributed by atoms with Crippen LogP contribution in [0.2, 0.25) is 0 Å². The number of likely N-dealkylation sites (tertiary alicyclic amines) is 1. The smallest absolute Gasteiger partial charge is 0.475 e. The summed E-state index contributed by atoms with van der Waals surface area (Å²) < 4.78 is 66.4. The molecule has 0 atom stereocenters. The monoisotopic (exact) mass is 595 g/mol. The van der Waals surface area contributed by atoms with Gasteiger partial charge in [-0.15, -0.1) is 0 Å². The van der Waals surface area contributed by atoms with Crippen LogP contribution in [0.15, 0.2) is 34.1 Å². The molecule has 2 N–H and O–H groups in total. The van der Waals surface area contributed by atoms with Crippen molar-refractivity contribution in [1.29, 1.82) is 0 Å². The van der Waals surface area contributed by atoms with Crippen LogP contribution in [0.1, 0.15) is 37.1 Å². The molecule has 1 spiro atoms. The molecule has 2 fully saturated rings. The average Bonchev–Trinajstić information content (AvgIpc) is 3.64. The minimum atomic E-state index is -5.08. The van der Waals surface area contributed by atoms with Gasteiger partial charge >= 0.3 is 35.4 Å². The molecule has 226 valence electrons. The number of rotatable bonds is 4. The highest BCUT2D eigenvalue weighted by molar-refractivity contribution is 5.73. The van der Waals surface area contributed by atoms with Crippen molar-refractivity contribution < 1.29 is 46.1 Å². The molecule has 17 heteroatoms. The Morgan fingerprint density at radius 3 is 1.90 bits per heavy atom. The number of halogens is 6. The molecule has 2 aromatic rings. The van der Waals surface area contributed by atoms with E-state index in [4.69, 9.17) is 19.8 Å². The molecule has 2 aromatic heterocycles. The molecule has 41 heavy (non-hydrogen) atoms. The number of fused-ring (bicyclic) bond motifs is 1. The summed E-state index contributed by atoms with van der Waals surface area (Å²) in [6.07, 6.45) is -1.05. The number of nitrogens with zero attached hydrogens (tertiary/aromatic N) is 5. The molecule has 0 unspecified atom stereocenters. The summed E-state index contributed by atoms with van der Waals surface area (Å²) >= 11 is 0. The van der Waals surface area contributed by atoms with Crippen molar-refractivity contribution in [3.63, 3.8) is 0 Å². The van der Waals surface area contributed by atoms with Crippen LogP contribution in [0, 0.1) is 11.3 Å². The predicted molar refractivity (Wildman–Crippen MR) is 128 cm³/mol. The zero-order chi connectivity index (χ0) is 30.6. The van der Waals surface area contributed by atoms with Crippen LogP contribution in [0.25, 0.3) is 0 Å². The number of carboxylic acids is 2. The zero-order valence-corrected chi connectivity index (χ0v) is 21.5. The average molecular weight is 595 g/mol. The fourth-order valence-electron chi connectivity index (χ4n) is 4.58. The van der Waals surface area contributed by atoms with Crippen molar-refractivity contribution in [3.05, 3.63) is 56.6 Å². The first-order chi connectivity index (χ1) is 19.0. The Balaban J connectivity index is 0.000000276. The maximum Gasteiger partial charge on any atom is 0.490 e. The van der Waals surface area contributed by atoms with E-state index in [0.29, 0.717) is 13.1 Å². The Kier molecular flexibility index (Phi) is 9.61. The Morgan fingerprint density at radius 1 is 0.927 bits per heavy atom. The highest BCUT2D eigenvalue weighted by atomic mass is 19.4. The molecule has 2 aliphatic heterocycles. The van der Waals surface area contributed by atoms with Crippen molar-refractivity contribution in [2.45, 2.75) is 57.5 Å². The molecular formula is C24H27F6N5O6. The van der Waals surface area contributed by atoms with Gasteiger partial charge < -0.3 is 15.1 Å². The van der Waals surface area contributed by atoms with Crippen LogP contribution in [-0.2, 0) is 29.1 Å². The molecule has 0 radical (unpaired) electrons. The second-order valence-corrected chi connectivity index (χ2v) is 10.2.